The number of aryl methyl sites for hydroxylation is 1. The Morgan fingerprint density at radius 2 is 1.63 bits per heavy atom. The number of ether oxygens (including phenoxy) is 2. The molecule has 1 aromatic heterocycles. The molecule has 0 radical (unpaired) electrons. The highest BCUT2D eigenvalue weighted by Gasteiger charge is 2.16. The molecule has 0 aliphatic heterocycles. The van der Waals surface area contributed by atoms with E-state index in [2.05, 4.69) is 10.9 Å². The number of carbonyl (C=O) groups is 2. The Morgan fingerprint density at radius 1 is 0.963 bits per heavy atom. The van der Waals surface area contributed by atoms with E-state index >= 15 is 0 Å². The molecular formula is C20H20N2O4S. The third-order valence-electron chi connectivity index (χ3n) is 3.87. The van der Waals surface area contributed by atoms with Gasteiger partial charge in [-0.25, -0.2) is 0 Å². The van der Waals surface area contributed by atoms with Gasteiger partial charge in [0.1, 0.15) is 0 Å². The molecule has 0 saturated heterocycles. The van der Waals surface area contributed by atoms with Gasteiger partial charge in [-0.2, -0.15) is 0 Å². The molecule has 0 bridgehead atoms. The minimum atomic E-state index is -0.464. The summed E-state index contributed by atoms with van der Waals surface area (Å²) in [7, 11) is 0. The Bertz CT molecular complexity index is 968. The molecule has 3 aromatic rings. The van der Waals surface area contributed by atoms with Crippen molar-refractivity contribution in [2.75, 3.05) is 13.2 Å². The number of carbonyl (C=O) groups excluding carboxylic acids is 2. The molecule has 0 aliphatic carbocycles. The smallest absolute Gasteiger partial charge is 0.280 e. The average Bonchev–Trinajstić information content (AvgIpc) is 3.03. The third kappa shape index (κ3) is 4.38. The summed E-state index contributed by atoms with van der Waals surface area (Å²) in [4.78, 5) is 24.9. The van der Waals surface area contributed by atoms with Gasteiger partial charge in [0, 0.05) is 4.70 Å². The highest BCUT2D eigenvalue weighted by molar-refractivity contribution is 7.21. The average molecular weight is 384 g/mol. The minimum Gasteiger partial charge on any atom is -0.490 e. The van der Waals surface area contributed by atoms with Gasteiger partial charge < -0.3 is 9.47 Å². The molecule has 2 amide bonds. The zero-order chi connectivity index (χ0) is 19.2. The van der Waals surface area contributed by atoms with E-state index in [-0.39, 0.29) is 12.5 Å². The minimum absolute atomic E-state index is 0.240. The van der Waals surface area contributed by atoms with Crippen LogP contribution in [0.4, 0.5) is 0 Å². The number of rotatable bonds is 6. The molecule has 140 valence electrons. The monoisotopic (exact) mass is 384 g/mol. The van der Waals surface area contributed by atoms with Crippen LogP contribution < -0.4 is 20.3 Å². The fourth-order valence-electron chi connectivity index (χ4n) is 2.60. The van der Waals surface area contributed by atoms with Crippen molar-refractivity contribution in [3.8, 4) is 11.5 Å². The maximum Gasteiger partial charge on any atom is 0.280 e. The number of fused-ring (bicyclic) bond motifs is 1. The summed E-state index contributed by atoms with van der Waals surface area (Å²) in [6.07, 6.45) is 0. The maximum atomic E-state index is 12.4. The molecule has 7 heteroatoms. The molecule has 0 spiro atoms. The molecule has 2 aromatic carbocycles. The summed E-state index contributed by atoms with van der Waals surface area (Å²) in [6, 6.07) is 14.9. The molecule has 3 rings (SSSR count). The fourth-order valence-corrected chi connectivity index (χ4v) is 3.70. The fraction of sp³-hybridized carbons (Fsp3) is 0.200. The Kier molecular flexibility index (Phi) is 5.93. The lowest BCUT2D eigenvalue weighted by molar-refractivity contribution is -0.123. The maximum absolute atomic E-state index is 12.4. The SMILES string of the molecule is CCOc1ccccc1OCC(=O)NNC(=O)c1sc2ccccc2c1C. The second-order valence-electron chi connectivity index (χ2n) is 5.72. The van der Waals surface area contributed by atoms with E-state index in [1.165, 1.54) is 11.3 Å². The molecule has 0 fully saturated rings. The van der Waals surface area contributed by atoms with Crippen molar-refractivity contribution in [2.24, 2.45) is 0 Å². The van der Waals surface area contributed by atoms with Gasteiger partial charge in [-0.1, -0.05) is 30.3 Å². The number of hydrogen-bond acceptors (Lipinski definition) is 5. The molecule has 2 N–H and O–H groups in total. The third-order valence-corrected chi connectivity index (χ3v) is 5.14. The standard InChI is InChI=1S/C20H20N2O4S/c1-3-25-15-9-5-6-10-16(15)26-12-18(23)21-22-20(24)19-13(2)14-8-4-7-11-17(14)27-19/h4-11H,3,12H2,1-2H3,(H,21,23)(H,22,24). The van der Waals surface area contributed by atoms with Crippen molar-refractivity contribution in [1.29, 1.82) is 0 Å². The molecule has 27 heavy (non-hydrogen) atoms. The topological polar surface area (TPSA) is 76.7 Å². The number of para-hydroxylation sites is 2. The Hall–Kier alpha value is -3.06. The lowest BCUT2D eigenvalue weighted by Crippen LogP contribution is -2.43. The van der Waals surface area contributed by atoms with E-state index in [0.717, 1.165) is 15.6 Å². The van der Waals surface area contributed by atoms with Crippen molar-refractivity contribution in [2.45, 2.75) is 13.8 Å². The Balaban J connectivity index is 1.56. The van der Waals surface area contributed by atoms with Gasteiger partial charge in [-0.05, 0) is 43.0 Å². The molecule has 0 atom stereocenters. The second-order valence-corrected chi connectivity index (χ2v) is 6.78. The molecule has 6 nitrogen and oxygen atoms in total. The number of hydrogen-bond donors (Lipinski definition) is 2. The normalized spacial score (nSPS) is 10.4. The van der Waals surface area contributed by atoms with Crippen LogP contribution in [0.1, 0.15) is 22.2 Å². The first kappa shape index (κ1) is 18.7. The first-order valence-corrected chi connectivity index (χ1v) is 9.33. The Labute approximate surface area is 161 Å². The Morgan fingerprint density at radius 3 is 2.33 bits per heavy atom. The largest absolute Gasteiger partial charge is 0.490 e. The van der Waals surface area contributed by atoms with E-state index < -0.39 is 5.91 Å². The summed E-state index contributed by atoms with van der Waals surface area (Å²) in [5, 5.41) is 1.04. The van der Waals surface area contributed by atoms with Gasteiger partial charge in [0.15, 0.2) is 18.1 Å². The summed E-state index contributed by atoms with van der Waals surface area (Å²) < 4.78 is 11.9. The van der Waals surface area contributed by atoms with Gasteiger partial charge in [0.2, 0.25) is 0 Å². The van der Waals surface area contributed by atoms with Crippen molar-refractivity contribution in [1.82, 2.24) is 10.9 Å². The van der Waals surface area contributed by atoms with Crippen LogP contribution in [-0.4, -0.2) is 25.0 Å². The molecule has 0 aliphatic rings. The first-order valence-electron chi connectivity index (χ1n) is 8.52. The molecular weight excluding hydrogens is 364 g/mol. The number of hydrazine groups is 1. The van der Waals surface area contributed by atoms with Crippen LogP contribution in [0.15, 0.2) is 48.5 Å². The van der Waals surface area contributed by atoms with Crippen LogP contribution in [0.3, 0.4) is 0 Å². The van der Waals surface area contributed by atoms with E-state index in [9.17, 15) is 9.59 Å². The van der Waals surface area contributed by atoms with Crippen molar-refractivity contribution >= 4 is 33.2 Å². The summed E-state index contributed by atoms with van der Waals surface area (Å²) in [5.74, 6) is 0.226. The number of nitrogens with one attached hydrogen (secondary N) is 2. The van der Waals surface area contributed by atoms with Gasteiger partial charge in [0.05, 0.1) is 11.5 Å². The number of amides is 2. The first-order chi connectivity index (χ1) is 13.1. The lowest BCUT2D eigenvalue weighted by atomic mass is 10.1. The summed E-state index contributed by atoms with van der Waals surface area (Å²) in [5.41, 5.74) is 5.71. The molecule has 1 heterocycles. The van der Waals surface area contributed by atoms with Crippen LogP contribution >= 0.6 is 11.3 Å². The van der Waals surface area contributed by atoms with Gasteiger partial charge >= 0.3 is 0 Å². The van der Waals surface area contributed by atoms with Gasteiger partial charge in [-0.15, -0.1) is 11.3 Å². The lowest BCUT2D eigenvalue weighted by Gasteiger charge is -2.12. The molecule has 0 unspecified atom stereocenters. The number of thiophene rings is 1. The van der Waals surface area contributed by atoms with Crippen LogP contribution in [-0.2, 0) is 4.79 Å². The zero-order valence-electron chi connectivity index (χ0n) is 15.1. The predicted octanol–water partition coefficient (Wildman–Crippen LogP) is 3.45. The van der Waals surface area contributed by atoms with Crippen LogP contribution in [0.25, 0.3) is 10.1 Å². The highest BCUT2D eigenvalue weighted by Crippen LogP contribution is 2.30. The zero-order valence-corrected chi connectivity index (χ0v) is 15.9. The van der Waals surface area contributed by atoms with E-state index in [4.69, 9.17) is 9.47 Å². The van der Waals surface area contributed by atoms with E-state index in [1.807, 2.05) is 44.2 Å². The quantitative estimate of drug-likeness (QED) is 0.638. The van der Waals surface area contributed by atoms with E-state index in [1.54, 1.807) is 18.2 Å². The molecule has 0 saturated carbocycles. The summed E-state index contributed by atoms with van der Waals surface area (Å²) >= 11 is 1.39. The van der Waals surface area contributed by atoms with Gasteiger partial charge in [-0.3, -0.25) is 20.4 Å². The predicted molar refractivity (Wildman–Crippen MR) is 105 cm³/mol. The van der Waals surface area contributed by atoms with Gasteiger partial charge in [0.25, 0.3) is 11.8 Å². The van der Waals surface area contributed by atoms with E-state index in [0.29, 0.717) is 23.0 Å². The van der Waals surface area contributed by atoms with Crippen molar-refractivity contribution < 1.29 is 19.1 Å². The summed E-state index contributed by atoms with van der Waals surface area (Å²) in [6.45, 7) is 4.02. The highest BCUT2D eigenvalue weighted by atomic mass is 32.1. The second kappa shape index (κ2) is 8.55. The van der Waals surface area contributed by atoms with Crippen LogP contribution in [0.5, 0.6) is 11.5 Å². The van der Waals surface area contributed by atoms with Crippen molar-refractivity contribution in [3.05, 3.63) is 59.0 Å². The van der Waals surface area contributed by atoms with Crippen molar-refractivity contribution in [3.63, 3.8) is 0 Å². The van der Waals surface area contributed by atoms with Crippen LogP contribution in [0.2, 0.25) is 0 Å². The van der Waals surface area contributed by atoms with Crippen LogP contribution in [0, 0.1) is 6.92 Å². The number of benzene rings is 2.